The molecular weight excluding hydrogens is 354 g/mol. The number of thiophene rings is 1. The summed E-state index contributed by atoms with van der Waals surface area (Å²) in [7, 11) is 1.32. The summed E-state index contributed by atoms with van der Waals surface area (Å²) in [6.45, 7) is 3.79. The van der Waals surface area contributed by atoms with Gasteiger partial charge in [0.05, 0.1) is 27.0 Å². The number of anilines is 1. The number of esters is 1. The second-order valence-electron chi connectivity index (χ2n) is 4.56. The fourth-order valence-corrected chi connectivity index (χ4v) is 3.23. The summed E-state index contributed by atoms with van der Waals surface area (Å²) in [6, 6.07) is 7.03. The van der Waals surface area contributed by atoms with Gasteiger partial charge in [0.15, 0.2) is 0 Å². The minimum atomic E-state index is -0.474. The van der Waals surface area contributed by atoms with E-state index < -0.39 is 5.97 Å². The van der Waals surface area contributed by atoms with Crippen molar-refractivity contribution in [2.45, 2.75) is 13.8 Å². The van der Waals surface area contributed by atoms with Crippen LogP contribution in [0, 0.1) is 13.8 Å². The van der Waals surface area contributed by atoms with Gasteiger partial charge in [0, 0.05) is 0 Å². The van der Waals surface area contributed by atoms with E-state index >= 15 is 0 Å². The summed E-state index contributed by atoms with van der Waals surface area (Å²) in [6.07, 6.45) is 0. The maximum Gasteiger partial charge on any atom is 0.339 e. The zero-order chi connectivity index (χ0) is 15.6. The highest BCUT2D eigenvalue weighted by molar-refractivity contribution is 9.11. The van der Waals surface area contributed by atoms with Crippen molar-refractivity contribution in [1.82, 2.24) is 0 Å². The Balaban J connectivity index is 2.30. The molecule has 0 saturated heterocycles. The largest absolute Gasteiger partial charge is 0.465 e. The molecule has 0 unspecified atom stereocenters. The number of ether oxygens (including phenoxy) is 1. The number of rotatable bonds is 3. The molecule has 1 aromatic heterocycles. The van der Waals surface area contributed by atoms with Gasteiger partial charge in [-0.15, -0.1) is 11.3 Å². The topological polar surface area (TPSA) is 55.4 Å². The number of amides is 1. The van der Waals surface area contributed by atoms with Crippen molar-refractivity contribution >= 4 is 44.8 Å². The predicted molar refractivity (Wildman–Crippen MR) is 87.2 cm³/mol. The predicted octanol–water partition coefficient (Wildman–Crippen LogP) is 4.17. The van der Waals surface area contributed by atoms with Crippen LogP contribution >= 0.6 is 27.3 Å². The lowest BCUT2D eigenvalue weighted by Gasteiger charge is -2.10. The van der Waals surface area contributed by atoms with E-state index in [-0.39, 0.29) is 5.91 Å². The highest BCUT2D eigenvalue weighted by Gasteiger charge is 2.16. The third-order valence-electron chi connectivity index (χ3n) is 2.91. The Kier molecular flexibility index (Phi) is 4.80. The van der Waals surface area contributed by atoms with Crippen molar-refractivity contribution < 1.29 is 14.3 Å². The third kappa shape index (κ3) is 3.51. The molecule has 1 N–H and O–H groups in total. The first-order valence-electron chi connectivity index (χ1n) is 6.18. The molecule has 1 aromatic carbocycles. The standard InChI is InChI=1S/C15H14BrNO3S/c1-8-4-5-11(10(6-8)15(19)20-3)17-14(18)12-7-9(2)13(16)21-12/h4-7H,1-3H3,(H,17,18). The molecule has 0 aliphatic rings. The van der Waals surface area contributed by atoms with Crippen molar-refractivity contribution in [1.29, 1.82) is 0 Å². The molecule has 0 bridgehead atoms. The molecule has 4 nitrogen and oxygen atoms in total. The highest BCUT2D eigenvalue weighted by Crippen LogP contribution is 2.28. The molecule has 1 amide bonds. The van der Waals surface area contributed by atoms with Crippen LogP contribution in [0.2, 0.25) is 0 Å². The molecule has 0 aliphatic heterocycles. The van der Waals surface area contributed by atoms with Gasteiger partial charge in [-0.1, -0.05) is 11.6 Å². The summed E-state index contributed by atoms with van der Waals surface area (Å²) >= 11 is 4.75. The molecule has 1 heterocycles. The molecule has 0 saturated carbocycles. The molecule has 2 aromatic rings. The molecule has 0 atom stereocenters. The minimum absolute atomic E-state index is 0.247. The Hall–Kier alpha value is -1.66. The Bertz CT molecular complexity index is 689. The van der Waals surface area contributed by atoms with Crippen LogP contribution in [0.3, 0.4) is 0 Å². The van der Waals surface area contributed by atoms with Gasteiger partial charge in [0.1, 0.15) is 0 Å². The van der Waals surface area contributed by atoms with Crippen LogP contribution in [0.4, 0.5) is 5.69 Å². The summed E-state index contributed by atoms with van der Waals surface area (Å²) in [4.78, 5) is 24.6. The number of nitrogens with one attached hydrogen (secondary N) is 1. The molecule has 21 heavy (non-hydrogen) atoms. The van der Waals surface area contributed by atoms with Gasteiger partial charge in [-0.3, -0.25) is 4.79 Å². The number of halogens is 1. The molecule has 110 valence electrons. The molecule has 2 rings (SSSR count). The van der Waals surface area contributed by atoms with E-state index in [4.69, 9.17) is 4.74 Å². The van der Waals surface area contributed by atoms with E-state index in [1.165, 1.54) is 18.4 Å². The lowest BCUT2D eigenvalue weighted by Crippen LogP contribution is -2.14. The van der Waals surface area contributed by atoms with E-state index in [0.29, 0.717) is 16.1 Å². The second kappa shape index (κ2) is 6.41. The Morgan fingerprint density at radius 2 is 1.95 bits per heavy atom. The van der Waals surface area contributed by atoms with Crippen LogP contribution in [0.15, 0.2) is 28.1 Å². The molecular formula is C15H14BrNO3S. The maximum atomic E-state index is 12.3. The fraction of sp³-hybridized carbons (Fsp3) is 0.200. The first-order chi connectivity index (χ1) is 9.92. The summed E-state index contributed by atoms with van der Waals surface area (Å²) in [5.74, 6) is -0.722. The quantitative estimate of drug-likeness (QED) is 0.828. The average molecular weight is 368 g/mol. The van der Waals surface area contributed by atoms with Gasteiger partial charge in [-0.25, -0.2) is 4.79 Å². The molecule has 0 radical (unpaired) electrons. The van der Waals surface area contributed by atoms with Gasteiger partial charge >= 0.3 is 5.97 Å². The van der Waals surface area contributed by atoms with Crippen LogP contribution in [-0.4, -0.2) is 19.0 Å². The van der Waals surface area contributed by atoms with Crippen molar-refractivity contribution in [3.63, 3.8) is 0 Å². The van der Waals surface area contributed by atoms with Gasteiger partial charge < -0.3 is 10.1 Å². The van der Waals surface area contributed by atoms with Gasteiger partial charge in [-0.2, -0.15) is 0 Å². The van der Waals surface area contributed by atoms with E-state index in [9.17, 15) is 9.59 Å². The van der Waals surface area contributed by atoms with Crippen molar-refractivity contribution in [3.8, 4) is 0 Å². The fourth-order valence-electron chi connectivity index (χ4n) is 1.80. The van der Waals surface area contributed by atoms with Crippen LogP contribution in [0.25, 0.3) is 0 Å². The molecule has 0 spiro atoms. The lowest BCUT2D eigenvalue weighted by molar-refractivity contribution is 0.0602. The highest BCUT2D eigenvalue weighted by atomic mass is 79.9. The first kappa shape index (κ1) is 15.7. The van der Waals surface area contributed by atoms with Crippen LogP contribution < -0.4 is 5.32 Å². The number of aryl methyl sites for hydroxylation is 2. The van der Waals surface area contributed by atoms with Crippen molar-refractivity contribution in [2.24, 2.45) is 0 Å². The molecule has 0 aliphatic carbocycles. The van der Waals surface area contributed by atoms with Crippen molar-refractivity contribution in [2.75, 3.05) is 12.4 Å². The molecule has 0 fully saturated rings. The number of hydrogen-bond donors (Lipinski definition) is 1. The smallest absolute Gasteiger partial charge is 0.339 e. The minimum Gasteiger partial charge on any atom is -0.465 e. The van der Waals surface area contributed by atoms with E-state index in [1.54, 1.807) is 18.2 Å². The lowest BCUT2D eigenvalue weighted by atomic mass is 10.1. The Labute approximate surface area is 135 Å². The molecule has 6 heteroatoms. The summed E-state index contributed by atoms with van der Waals surface area (Å²) in [5, 5.41) is 2.76. The zero-order valence-electron chi connectivity index (χ0n) is 11.8. The van der Waals surface area contributed by atoms with Gasteiger partial charge in [-0.05, 0) is 53.5 Å². The maximum absolute atomic E-state index is 12.3. The van der Waals surface area contributed by atoms with Crippen LogP contribution in [0.1, 0.15) is 31.2 Å². The number of benzene rings is 1. The number of carbonyl (C=O) groups is 2. The second-order valence-corrected chi connectivity index (χ2v) is 6.93. The number of hydrogen-bond acceptors (Lipinski definition) is 4. The van der Waals surface area contributed by atoms with Crippen LogP contribution in [-0.2, 0) is 4.74 Å². The SMILES string of the molecule is COC(=O)c1cc(C)ccc1NC(=O)c1cc(C)c(Br)s1. The average Bonchev–Trinajstić information content (AvgIpc) is 2.80. The summed E-state index contributed by atoms with van der Waals surface area (Å²) in [5.41, 5.74) is 2.71. The Morgan fingerprint density at radius 3 is 2.52 bits per heavy atom. The van der Waals surface area contributed by atoms with Crippen LogP contribution in [0.5, 0.6) is 0 Å². The number of carbonyl (C=O) groups excluding carboxylic acids is 2. The Morgan fingerprint density at radius 1 is 1.24 bits per heavy atom. The number of methoxy groups -OCH3 is 1. The van der Waals surface area contributed by atoms with E-state index in [2.05, 4.69) is 21.2 Å². The summed E-state index contributed by atoms with van der Waals surface area (Å²) < 4.78 is 5.67. The van der Waals surface area contributed by atoms with Crippen molar-refractivity contribution in [3.05, 3.63) is 49.6 Å². The van der Waals surface area contributed by atoms with E-state index in [1.807, 2.05) is 19.9 Å². The first-order valence-corrected chi connectivity index (χ1v) is 7.79. The van der Waals surface area contributed by atoms with E-state index in [0.717, 1.165) is 14.9 Å². The normalized spacial score (nSPS) is 10.3. The third-order valence-corrected chi connectivity index (χ3v) is 5.04. The van der Waals surface area contributed by atoms with Gasteiger partial charge in [0.25, 0.3) is 5.91 Å². The van der Waals surface area contributed by atoms with Gasteiger partial charge in [0.2, 0.25) is 0 Å². The zero-order valence-corrected chi connectivity index (χ0v) is 14.2. The monoisotopic (exact) mass is 367 g/mol.